The molecule has 2 amide bonds. The predicted octanol–water partition coefficient (Wildman–Crippen LogP) is 4.61. The number of halogens is 1. The second kappa shape index (κ2) is 8.09. The van der Waals surface area contributed by atoms with Crippen LogP contribution in [0.15, 0.2) is 66.4 Å². The van der Waals surface area contributed by atoms with Crippen molar-refractivity contribution < 1.29 is 23.5 Å². The van der Waals surface area contributed by atoms with Crippen molar-refractivity contribution in [1.29, 1.82) is 0 Å². The first-order valence-corrected chi connectivity index (χ1v) is 10.6. The molecule has 2 heterocycles. The molecule has 6 nitrogen and oxygen atoms in total. The van der Waals surface area contributed by atoms with Gasteiger partial charge in [-0.3, -0.25) is 9.59 Å². The lowest BCUT2D eigenvalue weighted by Crippen LogP contribution is -2.32. The van der Waals surface area contributed by atoms with Crippen LogP contribution in [0.4, 0.5) is 15.8 Å². The standard InChI is InChI=1S/C26H21FN2O4/c1-15-3-9-20(13-16(15)2)29-25(30)23(17-4-6-18(27)7-5-17)24(26(29)31)28-19-8-10-21-22(14-19)33-12-11-32-21/h3-10,13-14,28H,11-12H2,1-2H3. The van der Waals surface area contributed by atoms with Gasteiger partial charge in [0.15, 0.2) is 11.5 Å². The monoisotopic (exact) mass is 444 g/mol. The first-order chi connectivity index (χ1) is 15.9. The molecule has 33 heavy (non-hydrogen) atoms. The molecule has 0 aromatic heterocycles. The van der Waals surface area contributed by atoms with E-state index in [2.05, 4.69) is 5.32 Å². The van der Waals surface area contributed by atoms with Gasteiger partial charge in [-0.15, -0.1) is 0 Å². The van der Waals surface area contributed by atoms with Crippen molar-refractivity contribution in [3.05, 3.63) is 88.9 Å². The van der Waals surface area contributed by atoms with Crippen molar-refractivity contribution >= 4 is 28.8 Å². The molecule has 0 atom stereocenters. The van der Waals surface area contributed by atoms with Gasteiger partial charge in [0, 0.05) is 11.8 Å². The molecule has 0 saturated heterocycles. The SMILES string of the molecule is Cc1ccc(N2C(=O)C(Nc3ccc4c(c3)OCCO4)=C(c3ccc(F)cc3)C2=O)cc1C. The van der Waals surface area contributed by atoms with Gasteiger partial charge < -0.3 is 14.8 Å². The summed E-state index contributed by atoms with van der Waals surface area (Å²) in [6, 6.07) is 16.1. The lowest BCUT2D eigenvalue weighted by Gasteiger charge is -2.19. The van der Waals surface area contributed by atoms with E-state index in [1.165, 1.54) is 24.3 Å². The van der Waals surface area contributed by atoms with Gasteiger partial charge in [0.1, 0.15) is 24.7 Å². The zero-order valence-electron chi connectivity index (χ0n) is 18.1. The van der Waals surface area contributed by atoms with Crippen LogP contribution in [-0.4, -0.2) is 25.0 Å². The summed E-state index contributed by atoms with van der Waals surface area (Å²) in [6.07, 6.45) is 0. The molecule has 0 spiro atoms. The molecule has 0 radical (unpaired) electrons. The van der Waals surface area contributed by atoms with Crippen LogP contribution >= 0.6 is 0 Å². The molecule has 0 fully saturated rings. The number of carbonyl (C=O) groups is 2. The Morgan fingerprint density at radius 2 is 1.55 bits per heavy atom. The minimum absolute atomic E-state index is 0.113. The number of aryl methyl sites for hydroxylation is 2. The van der Waals surface area contributed by atoms with Gasteiger partial charge >= 0.3 is 0 Å². The fraction of sp³-hybridized carbons (Fsp3) is 0.154. The lowest BCUT2D eigenvalue weighted by atomic mass is 10.0. The number of fused-ring (bicyclic) bond motifs is 1. The molecule has 7 heteroatoms. The molecular formula is C26H21FN2O4. The average Bonchev–Trinajstić information content (AvgIpc) is 3.05. The zero-order chi connectivity index (χ0) is 23.1. The topological polar surface area (TPSA) is 67.9 Å². The largest absolute Gasteiger partial charge is 0.486 e. The summed E-state index contributed by atoms with van der Waals surface area (Å²) in [5.41, 5.74) is 3.79. The number of ether oxygens (including phenoxy) is 2. The van der Waals surface area contributed by atoms with Crippen LogP contribution in [-0.2, 0) is 9.59 Å². The maximum atomic E-state index is 13.6. The van der Waals surface area contributed by atoms with Crippen molar-refractivity contribution in [2.45, 2.75) is 13.8 Å². The van der Waals surface area contributed by atoms with E-state index >= 15 is 0 Å². The molecule has 0 bridgehead atoms. The Morgan fingerprint density at radius 3 is 2.27 bits per heavy atom. The van der Waals surface area contributed by atoms with Gasteiger partial charge in [0.05, 0.1) is 11.3 Å². The quantitative estimate of drug-likeness (QED) is 0.596. The molecular weight excluding hydrogens is 423 g/mol. The summed E-state index contributed by atoms with van der Waals surface area (Å²) in [5.74, 6) is -0.223. The predicted molar refractivity (Wildman–Crippen MR) is 123 cm³/mol. The number of benzene rings is 3. The Balaban J connectivity index is 1.58. The molecule has 1 N–H and O–H groups in total. The third-order valence-electron chi connectivity index (χ3n) is 5.78. The number of rotatable bonds is 4. The third kappa shape index (κ3) is 3.71. The summed E-state index contributed by atoms with van der Waals surface area (Å²) in [5, 5.41) is 3.10. The first-order valence-electron chi connectivity index (χ1n) is 10.6. The maximum absolute atomic E-state index is 13.6. The van der Waals surface area contributed by atoms with Crippen molar-refractivity contribution in [2.75, 3.05) is 23.4 Å². The van der Waals surface area contributed by atoms with Gasteiger partial charge in [-0.2, -0.15) is 0 Å². The van der Waals surface area contributed by atoms with E-state index in [1.807, 2.05) is 19.9 Å². The second-order valence-electron chi connectivity index (χ2n) is 7.95. The molecule has 166 valence electrons. The Labute approximate surface area is 190 Å². The zero-order valence-corrected chi connectivity index (χ0v) is 18.1. The van der Waals surface area contributed by atoms with Gasteiger partial charge in [0.25, 0.3) is 11.8 Å². The maximum Gasteiger partial charge on any atom is 0.282 e. The Morgan fingerprint density at radius 1 is 0.818 bits per heavy atom. The number of hydrogen-bond donors (Lipinski definition) is 1. The molecule has 0 aliphatic carbocycles. The highest BCUT2D eigenvalue weighted by molar-refractivity contribution is 6.46. The highest BCUT2D eigenvalue weighted by Crippen LogP contribution is 2.37. The van der Waals surface area contributed by atoms with Crippen molar-refractivity contribution in [2.24, 2.45) is 0 Å². The van der Waals surface area contributed by atoms with E-state index in [0.717, 1.165) is 16.0 Å². The van der Waals surface area contributed by atoms with Crippen molar-refractivity contribution in [3.8, 4) is 11.5 Å². The lowest BCUT2D eigenvalue weighted by molar-refractivity contribution is -0.120. The second-order valence-corrected chi connectivity index (χ2v) is 7.95. The van der Waals surface area contributed by atoms with E-state index in [1.54, 1.807) is 30.3 Å². The van der Waals surface area contributed by atoms with Crippen LogP contribution in [0.1, 0.15) is 16.7 Å². The van der Waals surface area contributed by atoms with Gasteiger partial charge in [-0.25, -0.2) is 9.29 Å². The van der Waals surface area contributed by atoms with E-state index in [0.29, 0.717) is 41.7 Å². The highest BCUT2D eigenvalue weighted by Gasteiger charge is 2.40. The number of imide groups is 1. The Kier molecular flexibility index (Phi) is 5.09. The van der Waals surface area contributed by atoms with E-state index < -0.39 is 17.6 Å². The normalized spacial score (nSPS) is 15.3. The molecule has 3 aromatic carbocycles. The summed E-state index contributed by atoms with van der Waals surface area (Å²) in [6.45, 7) is 4.78. The number of hydrogen-bond acceptors (Lipinski definition) is 5. The minimum Gasteiger partial charge on any atom is -0.486 e. The fourth-order valence-electron chi connectivity index (χ4n) is 3.89. The van der Waals surface area contributed by atoms with Crippen LogP contribution in [0.2, 0.25) is 0 Å². The number of carbonyl (C=O) groups excluding carboxylic acids is 2. The van der Waals surface area contributed by atoms with Gasteiger partial charge in [-0.05, 0) is 66.9 Å². The van der Waals surface area contributed by atoms with Crippen LogP contribution < -0.4 is 19.7 Å². The molecule has 0 unspecified atom stereocenters. The van der Waals surface area contributed by atoms with Crippen molar-refractivity contribution in [1.82, 2.24) is 0 Å². The summed E-state index contributed by atoms with van der Waals surface area (Å²) < 4.78 is 24.7. The summed E-state index contributed by atoms with van der Waals surface area (Å²) >= 11 is 0. The molecule has 2 aliphatic rings. The molecule has 0 saturated carbocycles. The first kappa shape index (κ1) is 20.8. The minimum atomic E-state index is -0.488. The van der Waals surface area contributed by atoms with Crippen molar-refractivity contribution in [3.63, 3.8) is 0 Å². The number of amides is 2. The van der Waals surface area contributed by atoms with Gasteiger partial charge in [0.2, 0.25) is 0 Å². The van der Waals surface area contributed by atoms with Crippen LogP contribution in [0.3, 0.4) is 0 Å². The smallest absolute Gasteiger partial charge is 0.282 e. The summed E-state index contributed by atoms with van der Waals surface area (Å²) in [4.78, 5) is 28.2. The van der Waals surface area contributed by atoms with E-state index in [9.17, 15) is 14.0 Å². The van der Waals surface area contributed by atoms with Gasteiger partial charge in [-0.1, -0.05) is 18.2 Å². The molecule has 5 rings (SSSR count). The number of nitrogens with zero attached hydrogens (tertiary/aromatic N) is 1. The Bertz CT molecular complexity index is 1310. The van der Waals surface area contributed by atoms with Crippen LogP contribution in [0, 0.1) is 19.7 Å². The average molecular weight is 444 g/mol. The molecule has 3 aromatic rings. The van der Waals surface area contributed by atoms with E-state index in [-0.39, 0.29) is 11.3 Å². The molecule has 2 aliphatic heterocycles. The fourth-order valence-corrected chi connectivity index (χ4v) is 3.89. The number of anilines is 2. The Hall–Kier alpha value is -4.13. The summed E-state index contributed by atoms with van der Waals surface area (Å²) in [7, 11) is 0. The van der Waals surface area contributed by atoms with Crippen LogP contribution in [0.5, 0.6) is 11.5 Å². The number of nitrogens with one attached hydrogen (secondary N) is 1. The third-order valence-corrected chi connectivity index (χ3v) is 5.78. The van der Waals surface area contributed by atoms with Crippen LogP contribution in [0.25, 0.3) is 5.57 Å². The van der Waals surface area contributed by atoms with E-state index in [4.69, 9.17) is 9.47 Å². The highest BCUT2D eigenvalue weighted by atomic mass is 19.1.